The van der Waals surface area contributed by atoms with Crippen LogP contribution in [0.2, 0.25) is 0 Å². The largest absolute Gasteiger partial charge is 0.476 e. The molecule has 84 valence electrons. The lowest BCUT2D eigenvalue weighted by atomic mass is 10.2. The Morgan fingerprint density at radius 3 is 2.60 bits per heavy atom. The average Bonchev–Trinajstić information content (AvgIpc) is 2.46. The molecule has 1 aromatic heterocycles. The summed E-state index contributed by atoms with van der Waals surface area (Å²) in [6.07, 6.45) is 0. The van der Waals surface area contributed by atoms with Crippen molar-refractivity contribution in [2.75, 3.05) is 18.5 Å². The van der Waals surface area contributed by atoms with Gasteiger partial charge in [0.2, 0.25) is 0 Å². The Hall–Kier alpha value is -1.10. The predicted octanol–water partition coefficient (Wildman–Crippen LogP) is 2.24. The van der Waals surface area contributed by atoms with Crippen LogP contribution in [0.15, 0.2) is 0 Å². The number of hydrogen-bond donors (Lipinski definition) is 1. The van der Waals surface area contributed by atoms with E-state index in [1.165, 1.54) is 11.3 Å². The second kappa shape index (κ2) is 4.61. The van der Waals surface area contributed by atoms with Crippen molar-refractivity contribution < 1.29 is 9.90 Å². The summed E-state index contributed by atoms with van der Waals surface area (Å²) in [7, 11) is 1.93. The molecule has 0 bridgehead atoms. The molecule has 1 heterocycles. The van der Waals surface area contributed by atoms with E-state index in [2.05, 4.69) is 18.8 Å². The summed E-state index contributed by atoms with van der Waals surface area (Å²) in [5.41, 5.74) is 0.172. The third kappa shape index (κ3) is 2.92. The van der Waals surface area contributed by atoms with E-state index < -0.39 is 5.97 Å². The van der Waals surface area contributed by atoms with Crippen LogP contribution in [0.1, 0.15) is 29.2 Å². The highest BCUT2D eigenvalue weighted by Gasteiger charge is 2.16. The fraction of sp³-hybridized carbons (Fsp3) is 0.600. The minimum absolute atomic E-state index is 0.172. The highest BCUT2D eigenvalue weighted by Crippen LogP contribution is 2.25. The van der Waals surface area contributed by atoms with Gasteiger partial charge >= 0.3 is 5.97 Å². The van der Waals surface area contributed by atoms with Crippen LogP contribution in [0.25, 0.3) is 0 Å². The van der Waals surface area contributed by atoms with E-state index in [-0.39, 0.29) is 5.69 Å². The van der Waals surface area contributed by atoms with E-state index in [0.717, 1.165) is 16.6 Å². The van der Waals surface area contributed by atoms with Crippen molar-refractivity contribution >= 4 is 22.4 Å². The van der Waals surface area contributed by atoms with Gasteiger partial charge in [0.05, 0.1) is 0 Å². The number of nitrogens with zero attached hydrogens (tertiary/aromatic N) is 2. The Morgan fingerprint density at radius 1 is 1.60 bits per heavy atom. The van der Waals surface area contributed by atoms with Gasteiger partial charge in [-0.15, -0.1) is 11.3 Å². The minimum atomic E-state index is -0.951. The molecule has 0 spiro atoms. The lowest BCUT2D eigenvalue weighted by Gasteiger charge is -2.17. The second-order valence-corrected chi connectivity index (χ2v) is 5.16. The van der Waals surface area contributed by atoms with Crippen molar-refractivity contribution in [2.45, 2.75) is 20.8 Å². The summed E-state index contributed by atoms with van der Waals surface area (Å²) in [6.45, 7) is 6.91. The molecule has 0 fully saturated rings. The Balaban J connectivity index is 2.87. The van der Waals surface area contributed by atoms with Crippen LogP contribution in [0.5, 0.6) is 0 Å². The normalized spacial score (nSPS) is 10.7. The minimum Gasteiger partial charge on any atom is -0.476 e. The van der Waals surface area contributed by atoms with E-state index in [4.69, 9.17) is 5.11 Å². The van der Waals surface area contributed by atoms with E-state index in [1.807, 2.05) is 11.9 Å². The van der Waals surface area contributed by atoms with Gasteiger partial charge in [-0.2, -0.15) is 0 Å². The van der Waals surface area contributed by atoms with Gasteiger partial charge in [0.15, 0.2) is 10.8 Å². The Labute approximate surface area is 93.6 Å². The summed E-state index contributed by atoms with van der Waals surface area (Å²) in [4.78, 5) is 17.7. The number of thiazole rings is 1. The molecule has 4 nitrogen and oxygen atoms in total. The van der Waals surface area contributed by atoms with Crippen molar-refractivity contribution in [3.05, 3.63) is 10.6 Å². The molecule has 0 radical (unpaired) electrons. The fourth-order valence-corrected chi connectivity index (χ4v) is 2.24. The lowest BCUT2D eigenvalue weighted by Crippen LogP contribution is -2.22. The molecule has 0 aliphatic carbocycles. The van der Waals surface area contributed by atoms with E-state index in [9.17, 15) is 4.79 Å². The number of aromatic carboxylic acids is 1. The number of carboxylic acids is 1. The molecule has 1 N–H and O–H groups in total. The number of carbonyl (C=O) groups is 1. The van der Waals surface area contributed by atoms with E-state index in [1.54, 1.807) is 6.92 Å². The maximum absolute atomic E-state index is 10.8. The molecule has 0 amide bonds. The topological polar surface area (TPSA) is 53.4 Å². The number of aromatic nitrogens is 1. The molecule has 0 aliphatic heterocycles. The molecular weight excluding hydrogens is 212 g/mol. The molecular formula is C10H16N2O2S. The summed E-state index contributed by atoms with van der Waals surface area (Å²) >= 11 is 1.43. The number of aryl methyl sites for hydroxylation is 1. The molecule has 0 unspecified atom stereocenters. The Morgan fingerprint density at radius 2 is 2.20 bits per heavy atom. The monoisotopic (exact) mass is 228 g/mol. The lowest BCUT2D eigenvalue weighted by molar-refractivity contribution is 0.0690. The van der Waals surface area contributed by atoms with Gasteiger partial charge in [-0.05, 0) is 12.8 Å². The number of hydrogen-bond acceptors (Lipinski definition) is 4. The quantitative estimate of drug-likeness (QED) is 0.858. The highest BCUT2D eigenvalue weighted by atomic mass is 32.1. The zero-order chi connectivity index (χ0) is 11.6. The molecule has 0 aliphatic rings. The molecule has 0 saturated carbocycles. The van der Waals surface area contributed by atoms with Crippen molar-refractivity contribution in [2.24, 2.45) is 5.92 Å². The van der Waals surface area contributed by atoms with E-state index in [0.29, 0.717) is 5.92 Å². The fourth-order valence-electron chi connectivity index (χ4n) is 1.37. The maximum Gasteiger partial charge on any atom is 0.355 e. The van der Waals surface area contributed by atoms with Crippen molar-refractivity contribution in [1.29, 1.82) is 0 Å². The van der Waals surface area contributed by atoms with Crippen LogP contribution in [0, 0.1) is 12.8 Å². The first kappa shape index (κ1) is 12.0. The van der Waals surface area contributed by atoms with Gasteiger partial charge in [0.25, 0.3) is 0 Å². The summed E-state index contributed by atoms with van der Waals surface area (Å²) < 4.78 is 0. The van der Waals surface area contributed by atoms with Gasteiger partial charge in [0.1, 0.15) is 0 Å². The van der Waals surface area contributed by atoms with Crippen LogP contribution in [-0.2, 0) is 0 Å². The number of rotatable bonds is 4. The van der Waals surface area contributed by atoms with Gasteiger partial charge in [0, 0.05) is 18.5 Å². The molecule has 0 atom stereocenters. The third-order valence-corrected chi connectivity index (χ3v) is 3.04. The maximum atomic E-state index is 10.8. The van der Waals surface area contributed by atoms with Gasteiger partial charge in [-0.25, -0.2) is 9.78 Å². The molecule has 1 rings (SSSR count). The third-order valence-electron chi connectivity index (χ3n) is 1.95. The molecule has 0 saturated heterocycles. The Bertz CT molecular complexity index is 360. The zero-order valence-corrected chi connectivity index (χ0v) is 10.3. The predicted molar refractivity (Wildman–Crippen MR) is 61.9 cm³/mol. The van der Waals surface area contributed by atoms with Crippen LogP contribution in [0.4, 0.5) is 5.13 Å². The van der Waals surface area contributed by atoms with Crippen LogP contribution < -0.4 is 4.90 Å². The summed E-state index contributed by atoms with van der Waals surface area (Å²) in [5.74, 6) is -0.416. The van der Waals surface area contributed by atoms with Crippen molar-refractivity contribution in [3.63, 3.8) is 0 Å². The molecule has 1 aromatic rings. The number of anilines is 1. The van der Waals surface area contributed by atoms with Gasteiger partial charge < -0.3 is 10.0 Å². The van der Waals surface area contributed by atoms with E-state index >= 15 is 0 Å². The second-order valence-electron chi connectivity index (χ2n) is 3.98. The van der Waals surface area contributed by atoms with Crippen molar-refractivity contribution in [1.82, 2.24) is 4.98 Å². The van der Waals surface area contributed by atoms with Gasteiger partial charge in [-0.3, -0.25) is 0 Å². The standard InChI is InChI=1S/C10H16N2O2S/c1-6(2)5-12(4)10-11-8(9(13)14)7(3)15-10/h6H,5H2,1-4H3,(H,13,14). The van der Waals surface area contributed by atoms with Crippen LogP contribution >= 0.6 is 11.3 Å². The number of carboxylic acid groups (broad SMARTS) is 1. The summed E-state index contributed by atoms with van der Waals surface area (Å²) in [5, 5.41) is 9.64. The van der Waals surface area contributed by atoms with Gasteiger partial charge in [-0.1, -0.05) is 13.8 Å². The first-order valence-electron chi connectivity index (χ1n) is 4.83. The molecule has 5 heteroatoms. The first-order valence-corrected chi connectivity index (χ1v) is 5.65. The first-order chi connectivity index (χ1) is 6.91. The Kier molecular flexibility index (Phi) is 3.68. The smallest absolute Gasteiger partial charge is 0.355 e. The van der Waals surface area contributed by atoms with Crippen LogP contribution in [-0.4, -0.2) is 29.7 Å². The SMILES string of the molecule is Cc1sc(N(C)CC(C)C)nc1C(=O)O. The average molecular weight is 228 g/mol. The zero-order valence-electron chi connectivity index (χ0n) is 9.44. The van der Waals surface area contributed by atoms with Crippen LogP contribution in [0.3, 0.4) is 0 Å². The highest BCUT2D eigenvalue weighted by molar-refractivity contribution is 7.15. The molecule has 15 heavy (non-hydrogen) atoms. The van der Waals surface area contributed by atoms with Crippen molar-refractivity contribution in [3.8, 4) is 0 Å². The molecule has 0 aromatic carbocycles. The summed E-state index contributed by atoms with van der Waals surface area (Å²) in [6, 6.07) is 0.